The van der Waals surface area contributed by atoms with Gasteiger partial charge in [-0.05, 0) is 19.1 Å². The molecule has 0 aliphatic rings. The maximum atomic E-state index is 12.4. The van der Waals surface area contributed by atoms with Crippen LogP contribution in [-0.4, -0.2) is 48.0 Å². The zero-order chi connectivity index (χ0) is 15.1. The molecule has 1 rings (SSSR count). The minimum absolute atomic E-state index is 0.0750. The summed E-state index contributed by atoms with van der Waals surface area (Å²) in [6.07, 6.45) is -1.02. The lowest BCUT2D eigenvalue weighted by Gasteiger charge is -2.18. The van der Waals surface area contributed by atoms with Crippen molar-refractivity contribution < 1.29 is 23.1 Å². The van der Waals surface area contributed by atoms with Gasteiger partial charge in [-0.3, -0.25) is 9.59 Å². The van der Waals surface area contributed by atoms with Gasteiger partial charge in [-0.25, -0.2) is 8.78 Å². The minimum atomic E-state index is -2.53. The molecule has 5 nitrogen and oxygen atoms in total. The predicted molar refractivity (Wildman–Crippen MR) is 68.6 cm³/mol. The van der Waals surface area contributed by atoms with Crippen LogP contribution < -0.4 is 0 Å². The molecule has 0 aliphatic heterocycles. The van der Waals surface area contributed by atoms with E-state index >= 15 is 0 Å². The molecule has 0 N–H and O–H groups in total. The van der Waals surface area contributed by atoms with Crippen LogP contribution >= 0.6 is 0 Å². The van der Waals surface area contributed by atoms with Crippen molar-refractivity contribution in [3.8, 4) is 0 Å². The van der Waals surface area contributed by atoms with Gasteiger partial charge in [0.25, 0.3) is 12.3 Å². The van der Waals surface area contributed by atoms with E-state index in [4.69, 9.17) is 4.74 Å². The second-order valence-corrected chi connectivity index (χ2v) is 4.22. The van der Waals surface area contributed by atoms with E-state index < -0.39 is 24.8 Å². The molecule has 1 aromatic heterocycles. The van der Waals surface area contributed by atoms with Gasteiger partial charge in [-0.1, -0.05) is 0 Å². The van der Waals surface area contributed by atoms with Crippen molar-refractivity contribution in [2.45, 2.75) is 26.3 Å². The number of carbonyl (C=O) groups is 2. The molecule has 0 aliphatic carbocycles. The number of rotatable bonds is 7. The summed E-state index contributed by atoms with van der Waals surface area (Å²) in [4.78, 5) is 24.6. The molecule has 0 unspecified atom stereocenters. The van der Waals surface area contributed by atoms with E-state index in [1.54, 1.807) is 6.92 Å². The Hall–Kier alpha value is -1.92. The lowest BCUT2D eigenvalue weighted by Crippen LogP contribution is -2.31. The molecule has 7 heteroatoms. The number of aromatic nitrogens is 1. The van der Waals surface area contributed by atoms with Crippen LogP contribution in [0.15, 0.2) is 18.3 Å². The fraction of sp³-hybridized carbons (Fsp3) is 0.538. The molecule has 0 aromatic carbocycles. The first-order valence-electron chi connectivity index (χ1n) is 6.30. The number of esters is 1. The first kappa shape index (κ1) is 16.1. The molecule has 0 radical (unpaired) electrons. The van der Waals surface area contributed by atoms with E-state index in [2.05, 4.69) is 0 Å². The van der Waals surface area contributed by atoms with Gasteiger partial charge in [0.1, 0.15) is 5.69 Å². The van der Waals surface area contributed by atoms with Gasteiger partial charge in [0.2, 0.25) is 0 Å². The van der Waals surface area contributed by atoms with E-state index in [0.29, 0.717) is 0 Å². The predicted octanol–water partition coefficient (Wildman–Crippen LogP) is 1.78. The lowest BCUT2D eigenvalue weighted by atomic mass is 10.3. The first-order valence-corrected chi connectivity index (χ1v) is 6.30. The fourth-order valence-corrected chi connectivity index (χ4v) is 1.71. The molecule has 0 atom stereocenters. The van der Waals surface area contributed by atoms with Crippen LogP contribution in [0.3, 0.4) is 0 Å². The highest BCUT2D eigenvalue weighted by Gasteiger charge is 2.18. The molecule has 0 saturated carbocycles. The van der Waals surface area contributed by atoms with Gasteiger partial charge in [-0.2, -0.15) is 0 Å². The Morgan fingerprint density at radius 2 is 2.15 bits per heavy atom. The number of alkyl halides is 2. The molecule has 0 saturated heterocycles. The Morgan fingerprint density at radius 3 is 2.75 bits per heavy atom. The van der Waals surface area contributed by atoms with E-state index in [1.807, 2.05) is 0 Å². The van der Waals surface area contributed by atoms with Crippen LogP contribution in [0.25, 0.3) is 0 Å². The monoisotopic (exact) mass is 288 g/mol. The van der Waals surface area contributed by atoms with Gasteiger partial charge in [0.15, 0.2) is 0 Å². The Bertz CT molecular complexity index is 460. The third-order valence-electron chi connectivity index (χ3n) is 2.69. The minimum Gasteiger partial charge on any atom is -0.466 e. The van der Waals surface area contributed by atoms with Crippen molar-refractivity contribution in [1.29, 1.82) is 0 Å². The largest absolute Gasteiger partial charge is 0.466 e. The van der Waals surface area contributed by atoms with Crippen LogP contribution in [0.4, 0.5) is 8.78 Å². The second kappa shape index (κ2) is 7.62. The number of nitrogens with zero attached hydrogens (tertiary/aromatic N) is 2. The Kier molecular flexibility index (Phi) is 6.14. The molecule has 0 bridgehead atoms. The summed E-state index contributed by atoms with van der Waals surface area (Å²) < 4.78 is 30.7. The zero-order valence-electron chi connectivity index (χ0n) is 11.5. The van der Waals surface area contributed by atoms with E-state index in [1.165, 1.54) is 34.8 Å². The van der Waals surface area contributed by atoms with Gasteiger partial charge in [0, 0.05) is 19.8 Å². The number of hydrogen-bond donors (Lipinski definition) is 0. The highest BCUT2D eigenvalue weighted by molar-refractivity contribution is 5.92. The maximum absolute atomic E-state index is 12.4. The van der Waals surface area contributed by atoms with Crippen molar-refractivity contribution in [2.75, 3.05) is 20.2 Å². The molecular weight excluding hydrogens is 270 g/mol. The van der Waals surface area contributed by atoms with Crippen molar-refractivity contribution in [3.05, 3.63) is 24.0 Å². The summed E-state index contributed by atoms with van der Waals surface area (Å²) >= 11 is 0. The van der Waals surface area contributed by atoms with Crippen molar-refractivity contribution in [2.24, 2.45) is 0 Å². The maximum Gasteiger partial charge on any atom is 0.307 e. The third-order valence-corrected chi connectivity index (χ3v) is 2.69. The summed E-state index contributed by atoms with van der Waals surface area (Å²) in [6.45, 7) is 1.63. The number of carbonyl (C=O) groups excluding carboxylic acids is 2. The molecule has 0 fully saturated rings. The summed E-state index contributed by atoms with van der Waals surface area (Å²) in [5, 5.41) is 0. The summed E-state index contributed by atoms with van der Waals surface area (Å²) in [7, 11) is 1.52. The molecule has 20 heavy (non-hydrogen) atoms. The van der Waals surface area contributed by atoms with Crippen molar-refractivity contribution in [3.63, 3.8) is 0 Å². The van der Waals surface area contributed by atoms with Gasteiger partial charge in [0.05, 0.1) is 19.6 Å². The van der Waals surface area contributed by atoms with Crippen LogP contribution in [0.2, 0.25) is 0 Å². The summed E-state index contributed by atoms with van der Waals surface area (Å²) in [5.41, 5.74) is 0.177. The van der Waals surface area contributed by atoms with Crippen LogP contribution in [0.5, 0.6) is 0 Å². The average molecular weight is 288 g/mol. The average Bonchev–Trinajstić information content (AvgIpc) is 2.82. The van der Waals surface area contributed by atoms with Crippen molar-refractivity contribution >= 4 is 11.9 Å². The highest BCUT2D eigenvalue weighted by Crippen LogP contribution is 2.09. The Balaban J connectivity index is 2.60. The number of hydrogen-bond acceptors (Lipinski definition) is 3. The second-order valence-electron chi connectivity index (χ2n) is 4.22. The van der Waals surface area contributed by atoms with E-state index in [0.717, 1.165) is 0 Å². The lowest BCUT2D eigenvalue weighted by molar-refractivity contribution is -0.143. The molecule has 112 valence electrons. The SMILES string of the molecule is CCOC(=O)CCN(C)C(=O)c1cccn1CC(F)F. The topological polar surface area (TPSA) is 51.5 Å². The van der Waals surface area contributed by atoms with Crippen LogP contribution in [0, 0.1) is 0 Å². The van der Waals surface area contributed by atoms with E-state index in [9.17, 15) is 18.4 Å². The fourth-order valence-electron chi connectivity index (χ4n) is 1.71. The number of amides is 1. The third kappa shape index (κ3) is 4.64. The standard InChI is InChI=1S/C13H18F2N2O3/c1-3-20-12(18)6-8-16(2)13(19)10-5-4-7-17(10)9-11(14)15/h4-5,7,11H,3,6,8-9H2,1-2H3. The van der Waals surface area contributed by atoms with Gasteiger partial charge < -0.3 is 14.2 Å². The molecular formula is C13H18F2N2O3. The molecule has 1 amide bonds. The first-order chi connectivity index (χ1) is 9.45. The Labute approximate surface area is 116 Å². The molecule has 1 heterocycles. The molecule has 0 spiro atoms. The smallest absolute Gasteiger partial charge is 0.307 e. The normalized spacial score (nSPS) is 10.7. The number of halogens is 2. The van der Waals surface area contributed by atoms with Crippen LogP contribution in [0.1, 0.15) is 23.8 Å². The quantitative estimate of drug-likeness (QED) is 0.719. The summed E-state index contributed by atoms with van der Waals surface area (Å²) in [6, 6.07) is 3.01. The van der Waals surface area contributed by atoms with Gasteiger partial charge in [-0.15, -0.1) is 0 Å². The van der Waals surface area contributed by atoms with Gasteiger partial charge >= 0.3 is 5.97 Å². The molecule has 1 aromatic rings. The zero-order valence-corrected chi connectivity index (χ0v) is 11.5. The van der Waals surface area contributed by atoms with Crippen LogP contribution in [-0.2, 0) is 16.1 Å². The highest BCUT2D eigenvalue weighted by atomic mass is 19.3. The van der Waals surface area contributed by atoms with E-state index in [-0.39, 0.29) is 25.3 Å². The Morgan fingerprint density at radius 1 is 1.45 bits per heavy atom. The van der Waals surface area contributed by atoms with Crippen molar-refractivity contribution in [1.82, 2.24) is 9.47 Å². The summed E-state index contributed by atoms with van der Waals surface area (Å²) in [5.74, 6) is -0.796. The number of ether oxygens (including phenoxy) is 1.